The maximum atomic E-state index is 11.4. The second-order valence-corrected chi connectivity index (χ2v) is 4.01. The molecule has 1 aromatic heterocycles. The van der Waals surface area contributed by atoms with Crippen LogP contribution in [-0.4, -0.2) is 36.1 Å². The number of methoxy groups -OCH3 is 1. The van der Waals surface area contributed by atoms with Gasteiger partial charge in [-0.05, 0) is 13.3 Å². The highest BCUT2D eigenvalue weighted by molar-refractivity contribution is 5.87. The Hall–Kier alpha value is -1.91. The van der Waals surface area contributed by atoms with Crippen LogP contribution in [0.5, 0.6) is 0 Å². The first-order valence-electron chi connectivity index (χ1n) is 5.51. The molecule has 0 amide bonds. The topological polar surface area (TPSA) is 55.3 Å². The molecular formula is C12H15N3O2. The molecule has 17 heavy (non-hydrogen) atoms. The lowest BCUT2D eigenvalue weighted by molar-refractivity contribution is 0.0593. The monoisotopic (exact) mass is 233 g/mol. The molecule has 90 valence electrons. The number of hydrogen-bond donors (Lipinski definition) is 0. The van der Waals surface area contributed by atoms with Crippen LogP contribution < -0.4 is 4.90 Å². The minimum absolute atomic E-state index is 0.247. The molecule has 1 aromatic rings. The van der Waals surface area contributed by atoms with Gasteiger partial charge in [-0.25, -0.2) is 9.78 Å². The molecule has 0 bridgehead atoms. The summed E-state index contributed by atoms with van der Waals surface area (Å²) in [6, 6.07) is 0. The van der Waals surface area contributed by atoms with E-state index in [-0.39, 0.29) is 5.69 Å². The standard InChI is InChI=1S/C12H15N3O2/c1-9-4-3-5-15(8-9)11-7-13-6-10(14-11)12(16)17-2/h4,6-7H,3,5,8H2,1-2H3. The van der Waals surface area contributed by atoms with Crippen molar-refractivity contribution in [3.63, 3.8) is 0 Å². The molecule has 0 aromatic carbocycles. The lowest BCUT2D eigenvalue weighted by Crippen LogP contribution is -2.30. The molecule has 5 nitrogen and oxygen atoms in total. The number of anilines is 1. The summed E-state index contributed by atoms with van der Waals surface area (Å²) in [5, 5.41) is 0. The highest BCUT2D eigenvalue weighted by Gasteiger charge is 2.15. The molecule has 0 atom stereocenters. The minimum atomic E-state index is -0.455. The van der Waals surface area contributed by atoms with Crippen molar-refractivity contribution in [1.82, 2.24) is 9.97 Å². The highest BCUT2D eigenvalue weighted by atomic mass is 16.5. The largest absolute Gasteiger partial charge is 0.464 e. The summed E-state index contributed by atoms with van der Waals surface area (Å²) >= 11 is 0. The molecule has 0 spiro atoms. The Bertz CT molecular complexity index is 457. The molecule has 0 radical (unpaired) electrons. The van der Waals surface area contributed by atoms with E-state index >= 15 is 0 Å². The van der Waals surface area contributed by atoms with Crippen LogP contribution in [0.3, 0.4) is 0 Å². The lowest BCUT2D eigenvalue weighted by atomic mass is 10.1. The second kappa shape index (κ2) is 4.95. The van der Waals surface area contributed by atoms with Crippen molar-refractivity contribution >= 4 is 11.8 Å². The first-order chi connectivity index (χ1) is 8.20. The molecule has 0 fully saturated rings. The zero-order chi connectivity index (χ0) is 12.3. The van der Waals surface area contributed by atoms with E-state index in [1.165, 1.54) is 18.9 Å². The molecule has 1 aliphatic rings. The van der Waals surface area contributed by atoms with Gasteiger partial charge in [-0.3, -0.25) is 4.98 Å². The fourth-order valence-corrected chi connectivity index (χ4v) is 1.82. The highest BCUT2D eigenvalue weighted by Crippen LogP contribution is 2.16. The Kier molecular flexibility index (Phi) is 3.37. The van der Waals surface area contributed by atoms with E-state index in [1.807, 2.05) is 0 Å². The van der Waals surface area contributed by atoms with Crippen molar-refractivity contribution in [2.24, 2.45) is 0 Å². The predicted octanol–water partition coefficient (Wildman–Crippen LogP) is 1.42. The Balaban J connectivity index is 2.21. The molecule has 0 unspecified atom stereocenters. The maximum Gasteiger partial charge on any atom is 0.358 e. The normalized spacial score (nSPS) is 15.4. The first-order valence-corrected chi connectivity index (χ1v) is 5.51. The van der Waals surface area contributed by atoms with Crippen LogP contribution in [0.25, 0.3) is 0 Å². The van der Waals surface area contributed by atoms with Crippen molar-refractivity contribution in [2.45, 2.75) is 13.3 Å². The van der Waals surface area contributed by atoms with Crippen LogP contribution in [-0.2, 0) is 4.74 Å². The van der Waals surface area contributed by atoms with Crippen molar-refractivity contribution < 1.29 is 9.53 Å². The summed E-state index contributed by atoms with van der Waals surface area (Å²) in [7, 11) is 1.34. The second-order valence-electron chi connectivity index (χ2n) is 4.01. The Morgan fingerprint density at radius 1 is 1.47 bits per heavy atom. The Morgan fingerprint density at radius 3 is 3.00 bits per heavy atom. The van der Waals surface area contributed by atoms with Gasteiger partial charge in [-0.1, -0.05) is 11.6 Å². The van der Waals surface area contributed by atoms with Gasteiger partial charge in [0.2, 0.25) is 0 Å². The Labute approximate surface area is 100 Å². The van der Waals surface area contributed by atoms with Crippen LogP contribution >= 0.6 is 0 Å². The zero-order valence-corrected chi connectivity index (χ0v) is 10.0. The molecule has 2 rings (SSSR count). The fourth-order valence-electron chi connectivity index (χ4n) is 1.82. The SMILES string of the molecule is COC(=O)c1cncc(N2CCC=C(C)C2)n1. The van der Waals surface area contributed by atoms with E-state index in [2.05, 4.69) is 32.6 Å². The molecule has 0 saturated carbocycles. The summed E-state index contributed by atoms with van der Waals surface area (Å²) in [6.07, 6.45) is 6.30. The van der Waals surface area contributed by atoms with Gasteiger partial charge in [0, 0.05) is 13.1 Å². The number of esters is 1. The summed E-state index contributed by atoms with van der Waals surface area (Å²) in [5.74, 6) is 0.268. The third-order valence-corrected chi connectivity index (χ3v) is 2.67. The molecule has 0 aliphatic carbocycles. The smallest absolute Gasteiger partial charge is 0.358 e. The van der Waals surface area contributed by atoms with E-state index in [0.29, 0.717) is 0 Å². The Morgan fingerprint density at radius 2 is 2.29 bits per heavy atom. The summed E-state index contributed by atoms with van der Waals surface area (Å²) in [6.45, 7) is 3.82. The van der Waals surface area contributed by atoms with E-state index in [1.54, 1.807) is 6.20 Å². The number of nitrogens with zero attached hydrogens (tertiary/aromatic N) is 3. The number of ether oxygens (including phenoxy) is 1. The van der Waals surface area contributed by atoms with Gasteiger partial charge in [0.15, 0.2) is 5.69 Å². The number of rotatable bonds is 2. The van der Waals surface area contributed by atoms with Crippen LogP contribution in [0, 0.1) is 0 Å². The van der Waals surface area contributed by atoms with Crippen LogP contribution in [0.15, 0.2) is 24.0 Å². The summed E-state index contributed by atoms with van der Waals surface area (Å²) in [4.78, 5) is 21.8. The number of carbonyl (C=O) groups is 1. The van der Waals surface area contributed by atoms with Crippen molar-refractivity contribution in [1.29, 1.82) is 0 Å². The van der Waals surface area contributed by atoms with Gasteiger partial charge in [0.05, 0.1) is 19.5 Å². The van der Waals surface area contributed by atoms with E-state index in [9.17, 15) is 4.79 Å². The van der Waals surface area contributed by atoms with Gasteiger partial charge < -0.3 is 9.64 Å². The average Bonchev–Trinajstić information content (AvgIpc) is 2.38. The van der Waals surface area contributed by atoms with E-state index < -0.39 is 5.97 Å². The number of carbonyl (C=O) groups excluding carboxylic acids is 1. The quantitative estimate of drug-likeness (QED) is 0.571. The third kappa shape index (κ3) is 2.61. The van der Waals surface area contributed by atoms with Crippen LogP contribution in [0.4, 0.5) is 5.82 Å². The van der Waals surface area contributed by atoms with Gasteiger partial charge >= 0.3 is 5.97 Å². The van der Waals surface area contributed by atoms with Crippen molar-refractivity contribution in [3.05, 3.63) is 29.7 Å². The van der Waals surface area contributed by atoms with Crippen LogP contribution in [0.2, 0.25) is 0 Å². The number of hydrogen-bond acceptors (Lipinski definition) is 5. The first kappa shape index (κ1) is 11.6. The van der Waals surface area contributed by atoms with Crippen molar-refractivity contribution in [3.8, 4) is 0 Å². The average molecular weight is 233 g/mol. The van der Waals surface area contributed by atoms with Gasteiger partial charge in [-0.2, -0.15) is 0 Å². The number of aromatic nitrogens is 2. The predicted molar refractivity (Wildman–Crippen MR) is 64.0 cm³/mol. The molecular weight excluding hydrogens is 218 g/mol. The summed E-state index contributed by atoms with van der Waals surface area (Å²) < 4.78 is 4.63. The van der Waals surface area contributed by atoms with E-state index in [0.717, 1.165) is 25.3 Å². The fraction of sp³-hybridized carbons (Fsp3) is 0.417. The van der Waals surface area contributed by atoms with Gasteiger partial charge in [0.25, 0.3) is 0 Å². The van der Waals surface area contributed by atoms with Gasteiger partial charge in [0.1, 0.15) is 5.82 Å². The van der Waals surface area contributed by atoms with Gasteiger partial charge in [-0.15, -0.1) is 0 Å². The molecule has 0 N–H and O–H groups in total. The molecule has 1 aliphatic heterocycles. The molecule has 0 saturated heterocycles. The van der Waals surface area contributed by atoms with Crippen molar-refractivity contribution in [2.75, 3.05) is 25.1 Å². The lowest BCUT2D eigenvalue weighted by Gasteiger charge is -2.26. The minimum Gasteiger partial charge on any atom is -0.464 e. The zero-order valence-electron chi connectivity index (χ0n) is 10.0. The maximum absolute atomic E-state index is 11.4. The molecule has 5 heteroatoms. The molecule has 2 heterocycles. The third-order valence-electron chi connectivity index (χ3n) is 2.67. The van der Waals surface area contributed by atoms with E-state index in [4.69, 9.17) is 0 Å². The van der Waals surface area contributed by atoms with Crippen LogP contribution in [0.1, 0.15) is 23.8 Å². The summed E-state index contributed by atoms with van der Waals surface area (Å²) in [5.41, 5.74) is 1.55.